The number of benzene rings is 3. The molecular formula is C32H28ClFN2O4S. The number of nitrogens with zero attached hydrogens (tertiary/aromatic N) is 2. The molecule has 9 heteroatoms. The average Bonchev–Trinajstić information content (AvgIpc) is 3.23. The van der Waals surface area contributed by atoms with E-state index in [0.717, 1.165) is 33.6 Å². The third kappa shape index (κ3) is 5.89. The van der Waals surface area contributed by atoms with Gasteiger partial charge >= 0.3 is 5.97 Å². The van der Waals surface area contributed by atoms with E-state index < -0.39 is 12.0 Å². The number of esters is 1. The standard InChI is InChI=1S/C32H28ClFN2O4S/c1-5-39-31(38)27-20(4)35-32-36(28(27)23-8-10-24(33)11-9-23)30(37)26(41-32)16-22-14-18(2)29(19(3)15-22)40-17-21-6-12-25(34)13-7-21/h6-16,28H,5,17H2,1-4H3/b26-16-/t28-/m1/s1. The van der Waals surface area contributed by atoms with Crippen molar-refractivity contribution in [3.63, 3.8) is 0 Å². The van der Waals surface area contributed by atoms with E-state index in [9.17, 15) is 14.0 Å². The lowest BCUT2D eigenvalue weighted by Crippen LogP contribution is -2.39. The highest BCUT2D eigenvalue weighted by Crippen LogP contribution is 2.31. The Morgan fingerprint density at radius 1 is 1.07 bits per heavy atom. The van der Waals surface area contributed by atoms with Gasteiger partial charge in [-0.15, -0.1) is 0 Å². The Balaban J connectivity index is 1.54. The van der Waals surface area contributed by atoms with Crippen LogP contribution < -0.4 is 19.6 Å². The molecule has 0 aliphatic carbocycles. The van der Waals surface area contributed by atoms with Gasteiger partial charge in [0.25, 0.3) is 5.56 Å². The van der Waals surface area contributed by atoms with Gasteiger partial charge in [0, 0.05) is 5.02 Å². The molecule has 1 aliphatic rings. The van der Waals surface area contributed by atoms with Crippen LogP contribution in [0.4, 0.5) is 4.39 Å². The van der Waals surface area contributed by atoms with Crippen LogP contribution in [-0.2, 0) is 16.1 Å². The van der Waals surface area contributed by atoms with Crippen molar-refractivity contribution in [2.24, 2.45) is 4.99 Å². The fraction of sp³-hybridized carbons (Fsp3) is 0.219. The molecule has 0 radical (unpaired) electrons. The topological polar surface area (TPSA) is 69.9 Å². The minimum atomic E-state index is -0.699. The van der Waals surface area contributed by atoms with E-state index in [4.69, 9.17) is 21.1 Å². The summed E-state index contributed by atoms with van der Waals surface area (Å²) in [5.41, 5.74) is 4.82. The van der Waals surface area contributed by atoms with E-state index in [2.05, 4.69) is 4.99 Å². The van der Waals surface area contributed by atoms with Crippen LogP contribution in [-0.4, -0.2) is 17.1 Å². The summed E-state index contributed by atoms with van der Waals surface area (Å²) < 4.78 is 26.7. The van der Waals surface area contributed by atoms with Crippen molar-refractivity contribution in [3.05, 3.63) is 130 Å². The molecule has 1 atom stereocenters. The number of ether oxygens (including phenoxy) is 2. The number of rotatable bonds is 7. The Morgan fingerprint density at radius 2 is 1.73 bits per heavy atom. The Bertz CT molecular complexity index is 1820. The maximum atomic E-state index is 13.9. The molecule has 0 spiro atoms. The molecule has 0 saturated heterocycles. The van der Waals surface area contributed by atoms with Crippen LogP contribution in [0.5, 0.6) is 5.75 Å². The van der Waals surface area contributed by atoms with E-state index in [-0.39, 0.29) is 18.0 Å². The zero-order chi connectivity index (χ0) is 29.3. The molecule has 1 aliphatic heterocycles. The molecule has 5 rings (SSSR count). The van der Waals surface area contributed by atoms with Gasteiger partial charge in [-0.3, -0.25) is 9.36 Å². The fourth-order valence-corrected chi connectivity index (χ4v) is 6.11. The smallest absolute Gasteiger partial charge is 0.338 e. The van der Waals surface area contributed by atoms with Gasteiger partial charge < -0.3 is 9.47 Å². The molecule has 0 amide bonds. The second kappa shape index (κ2) is 11.8. The highest BCUT2D eigenvalue weighted by Gasteiger charge is 2.33. The van der Waals surface area contributed by atoms with Gasteiger partial charge in [-0.1, -0.05) is 47.2 Å². The number of thiazole rings is 1. The first-order valence-electron chi connectivity index (χ1n) is 13.1. The van der Waals surface area contributed by atoms with Crippen LogP contribution >= 0.6 is 22.9 Å². The zero-order valence-corrected chi connectivity index (χ0v) is 24.6. The summed E-state index contributed by atoms with van der Waals surface area (Å²) in [6, 6.07) is 16.5. The Hall–Kier alpha value is -4.01. The number of carbonyl (C=O) groups excluding carboxylic acids is 1. The number of aromatic nitrogens is 1. The summed E-state index contributed by atoms with van der Waals surface area (Å²) >= 11 is 7.40. The molecule has 0 N–H and O–H groups in total. The summed E-state index contributed by atoms with van der Waals surface area (Å²) in [5, 5.41) is 0.551. The molecule has 6 nitrogen and oxygen atoms in total. The zero-order valence-electron chi connectivity index (χ0n) is 23.0. The van der Waals surface area contributed by atoms with Gasteiger partial charge in [-0.2, -0.15) is 0 Å². The van der Waals surface area contributed by atoms with Crippen molar-refractivity contribution >= 4 is 35.0 Å². The molecule has 0 fully saturated rings. The number of hydrogen-bond donors (Lipinski definition) is 0. The highest BCUT2D eigenvalue weighted by molar-refractivity contribution is 7.07. The van der Waals surface area contributed by atoms with E-state index in [1.807, 2.05) is 32.1 Å². The minimum Gasteiger partial charge on any atom is -0.488 e. The van der Waals surface area contributed by atoms with Crippen LogP contribution in [0.15, 0.2) is 81.7 Å². The molecule has 0 bridgehead atoms. The number of fused-ring (bicyclic) bond motifs is 1. The number of allylic oxidation sites excluding steroid dienone is 1. The molecule has 3 aromatic carbocycles. The maximum Gasteiger partial charge on any atom is 0.338 e. The molecule has 1 aromatic heterocycles. The van der Waals surface area contributed by atoms with Crippen molar-refractivity contribution in [3.8, 4) is 5.75 Å². The van der Waals surface area contributed by atoms with Crippen LogP contribution in [0.1, 0.15) is 47.7 Å². The molecule has 2 heterocycles. The fourth-order valence-electron chi connectivity index (χ4n) is 4.93. The monoisotopic (exact) mass is 590 g/mol. The number of aryl methyl sites for hydroxylation is 2. The Morgan fingerprint density at radius 3 is 2.37 bits per heavy atom. The van der Waals surface area contributed by atoms with Crippen LogP contribution in [0.25, 0.3) is 6.08 Å². The predicted octanol–water partition coefficient (Wildman–Crippen LogP) is 5.79. The summed E-state index contributed by atoms with van der Waals surface area (Å²) in [5.74, 6) is -0.0571. The normalized spacial score (nSPS) is 15.0. The lowest BCUT2D eigenvalue weighted by Gasteiger charge is -2.24. The van der Waals surface area contributed by atoms with Gasteiger partial charge in [0.05, 0.1) is 28.5 Å². The second-order valence-electron chi connectivity index (χ2n) is 9.75. The number of hydrogen-bond acceptors (Lipinski definition) is 6. The van der Waals surface area contributed by atoms with Crippen molar-refractivity contribution in [2.45, 2.75) is 40.3 Å². The van der Waals surface area contributed by atoms with E-state index in [1.165, 1.54) is 23.5 Å². The van der Waals surface area contributed by atoms with Crippen molar-refractivity contribution in [1.29, 1.82) is 0 Å². The lowest BCUT2D eigenvalue weighted by atomic mass is 9.96. The summed E-state index contributed by atoms with van der Waals surface area (Å²) in [6.45, 7) is 7.90. The SMILES string of the molecule is CCOC(=O)C1=C(C)N=c2s/c(=C\c3cc(C)c(OCc4ccc(F)cc4)c(C)c3)c(=O)n2[C@@H]1c1ccc(Cl)cc1. The average molecular weight is 591 g/mol. The first-order valence-corrected chi connectivity index (χ1v) is 14.3. The molecule has 0 saturated carbocycles. The summed E-state index contributed by atoms with van der Waals surface area (Å²) in [4.78, 5) is 32.0. The largest absolute Gasteiger partial charge is 0.488 e. The molecule has 41 heavy (non-hydrogen) atoms. The van der Waals surface area contributed by atoms with E-state index in [0.29, 0.717) is 32.2 Å². The molecule has 0 unspecified atom stereocenters. The molecular weight excluding hydrogens is 563 g/mol. The van der Waals surface area contributed by atoms with Crippen molar-refractivity contribution in [2.75, 3.05) is 6.61 Å². The quantitative estimate of drug-likeness (QED) is 0.256. The lowest BCUT2D eigenvalue weighted by molar-refractivity contribution is -0.139. The Kier molecular flexibility index (Phi) is 8.24. The first kappa shape index (κ1) is 28.5. The summed E-state index contributed by atoms with van der Waals surface area (Å²) in [7, 11) is 0. The number of halogens is 2. The third-order valence-electron chi connectivity index (χ3n) is 6.78. The minimum absolute atomic E-state index is 0.204. The first-order chi connectivity index (χ1) is 19.7. The van der Waals surface area contributed by atoms with Crippen LogP contribution in [0.2, 0.25) is 5.02 Å². The van der Waals surface area contributed by atoms with Gasteiger partial charge in [0.2, 0.25) is 0 Å². The van der Waals surface area contributed by atoms with E-state index in [1.54, 1.807) is 54.8 Å². The van der Waals surface area contributed by atoms with Gasteiger partial charge in [0.1, 0.15) is 18.2 Å². The van der Waals surface area contributed by atoms with Crippen LogP contribution in [0, 0.1) is 19.7 Å². The van der Waals surface area contributed by atoms with Gasteiger partial charge in [-0.25, -0.2) is 14.2 Å². The summed E-state index contributed by atoms with van der Waals surface area (Å²) in [6.07, 6.45) is 1.83. The highest BCUT2D eigenvalue weighted by atomic mass is 35.5. The second-order valence-corrected chi connectivity index (χ2v) is 11.2. The van der Waals surface area contributed by atoms with Crippen molar-refractivity contribution < 1.29 is 18.7 Å². The van der Waals surface area contributed by atoms with Crippen LogP contribution in [0.3, 0.4) is 0 Å². The van der Waals surface area contributed by atoms with Gasteiger partial charge in [-0.05, 0) is 98.0 Å². The molecule has 4 aromatic rings. The predicted molar refractivity (Wildman–Crippen MR) is 158 cm³/mol. The third-order valence-corrected chi connectivity index (χ3v) is 8.01. The van der Waals surface area contributed by atoms with Crippen molar-refractivity contribution in [1.82, 2.24) is 4.57 Å². The maximum absolute atomic E-state index is 13.9. The number of carbonyl (C=O) groups is 1. The van der Waals surface area contributed by atoms with E-state index >= 15 is 0 Å². The Labute approximate surface area is 245 Å². The molecule has 210 valence electrons. The van der Waals surface area contributed by atoms with Gasteiger partial charge in [0.15, 0.2) is 4.80 Å².